The number of ether oxygens (including phenoxy) is 1. The summed E-state index contributed by atoms with van der Waals surface area (Å²) in [6.45, 7) is 3.77. The molecule has 1 amide bonds. The van der Waals surface area contributed by atoms with E-state index in [1.54, 1.807) is 6.92 Å². The topological polar surface area (TPSA) is 75.3 Å². The molecule has 2 atom stereocenters. The van der Waals surface area contributed by atoms with Crippen LogP contribution in [0.1, 0.15) is 37.3 Å². The summed E-state index contributed by atoms with van der Waals surface area (Å²) >= 11 is 0. The van der Waals surface area contributed by atoms with Gasteiger partial charge in [0.2, 0.25) is 0 Å². The standard InChI is InChI=1S/C21H22NO4/c1-3-13(2)19(20(23)24)22-21(25)26-12-18-16-10-6-4-8-14(16)15-9-5-7-11-17(15)18/h4-11,13,18-19H,3,12H2,1-2H3,(H,22,25)/t13-,19-/m0/s1. The first-order chi connectivity index (χ1) is 12.5. The van der Waals surface area contributed by atoms with Crippen molar-refractivity contribution in [3.05, 3.63) is 59.7 Å². The summed E-state index contributed by atoms with van der Waals surface area (Å²) in [5, 5.41) is 13.7. The molecule has 5 nitrogen and oxygen atoms in total. The summed E-state index contributed by atoms with van der Waals surface area (Å²) in [5.74, 6) is -1.59. The van der Waals surface area contributed by atoms with Gasteiger partial charge in [0, 0.05) is 5.92 Å². The number of fused-ring (bicyclic) bond motifs is 3. The third kappa shape index (κ3) is 3.43. The quantitative estimate of drug-likeness (QED) is 0.857. The summed E-state index contributed by atoms with van der Waals surface area (Å²) in [6.07, 6.45) is -0.121. The van der Waals surface area contributed by atoms with E-state index in [0.29, 0.717) is 6.42 Å². The Labute approximate surface area is 153 Å². The average Bonchev–Trinajstić information content (AvgIpc) is 2.97. The third-order valence-corrected chi connectivity index (χ3v) is 5.08. The van der Waals surface area contributed by atoms with Crippen molar-refractivity contribution in [3.63, 3.8) is 0 Å². The number of carbonyl (C=O) groups is 2. The molecule has 0 saturated carbocycles. The van der Waals surface area contributed by atoms with Gasteiger partial charge in [0.1, 0.15) is 12.6 Å². The first-order valence-electron chi connectivity index (χ1n) is 8.85. The lowest BCUT2D eigenvalue weighted by molar-refractivity contribution is -0.147. The van der Waals surface area contributed by atoms with Crippen molar-refractivity contribution < 1.29 is 19.4 Å². The van der Waals surface area contributed by atoms with Crippen molar-refractivity contribution in [2.45, 2.75) is 32.2 Å². The lowest BCUT2D eigenvalue weighted by Gasteiger charge is -2.20. The monoisotopic (exact) mass is 352 g/mol. The molecule has 1 N–H and O–H groups in total. The van der Waals surface area contributed by atoms with Crippen LogP contribution < -0.4 is 5.32 Å². The molecule has 0 heterocycles. The molecule has 0 unspecified atom stereocenters. The van der Waals surface area contributed by atoms with Crippen LogP contribution in [0.5, 0.6) is 0 Å². The number of rotatable bonds is 6. The number of nitrogens with one attached hydrogen (secondary N) is 1. The number of hydrogen-bond donors (Lipinski definition) is 1. The minimum atomic E-state index is -1.30. The van der Waals surface area contributed by atoms with Crippen LogP contribution in [0, 0.1) is 5.92 Å². The first-order valence-corrected chi connectivity index (χ1v) is 8.85. The van der Waals surface area contributed by atoms with Crippen molar-refractivity contribution in [1.29, 1.82) is 0 Å². The van der Waals surface area contributed by atoms with Crippen LogP contribution in [-0.4, -0.2) is 24.7 Å². The van der Waals surface area contributed by atoms with Crippen LogP contribution >= 0.6 is 0 Å². The van der Waals surface area contributed by atoms with Crippen LogP contribution in [0.4, 0.5) is 4.79 Å². The summed E-state index contributed by atoms with van der Waals surface area (Å²) in [6, 6.07) is 15.0. The van der Waals surface area contributed by atoms with Crippen LogP contribution in [0.15, 0.2) is 48.5 Å². The number of carbonyl (C=O) groups excluding carboxylic acids is 2. The molecule has 0 fully saturated rings. The molecule has 2 aromatic carbocycles. The average molecular weight is 352 g/mol. The second-order valence-electron chi connectivity index (χ2n) is 6.65. The maximum absolute atomic E-state index is 12.1. The van der Waals surface area contributed by atoms with E-state index < -0.39 is 18.1 Å². The van der Waals surface area contributed by atoms with Crippen LogP contribution in [-0.2, 0) is 14.6 Å². The Bertz CT molecular complexity index is 772. The van der Waals surface area contributed by atoms with E-state index in [4.69, 9.17) is 4.74 Å². The van der Waals surface area contributed by atoms with E-state index in [2.05, 4.69) is 17.4 Å². The highest BCUT2D eigenvalue weighted by Crippen LogP contribution is 2.44. The van der Waals surface area contributed by atoms with Gasteiger partial charge in [0.25, 0.3) is 0 Å². The van der Waals surface area contributed by atoms with Gasteiger partial charge in [-0.2, -0.15) is 0 Å². The SMILES string of the molecule is CC[C@H](C)[C@H](NC(=O)OCC1c2ccccc2-c2ccccc21)C([O])=O. The maximum atomic E-state index is 12.1. The molecule has 1 aliphatic rings. The molecule has 26 heavy (non-hydrogen) atoms. The molecule has 0 aromatic heterocycles. The molecular weight excluding hydrogens is 330 g/mol. The van der Waals surface area contributed by atoms with Gasteiger partial charge in [0.05, 0.1) is 0 Å². The lowest BCUT2D eigenvalue weighted by atomic mass is 9.98. The minimum absolute atomic E-state index is 0.0573. The zero-order valence-electron chi connectivity index (χ0n) is 14.9. The van der Waals surface area contributed by atoms with Crippen molar-refractivity contribution >= 4 is 12.1 Å². The summed E-state index contributed by atoms with van der Waals surface area (Å²) in [4.78, 5) is 23.4. The van der Waals surface area contributed by atoms with Gasteiger partial charge in [-0.1, -0.05) is 68.8 Å². The Kier molecular flexibility index (Phi) is 5.26. The van der Waals surface area contributed by atoms with E-state index in [-0.39, 0.29) is 18.4 Å². The molecule has 5 heteroatoms. The Morgan fingerprint density at radius 3 is 2.08 bits per heavy atom. The van der Waals surface area contributed by atoms with E-state index in [1.165, 1.54) is 0 Å². The molecular formula is C21H22NO4. The van der Waals surface area contributed by atoms with Crippen LogP contribution in [0.2, 0.25) is 0 Å². The minimum Gasteiger partial charge on any atom is -0.449 e. The Morgan fingerprint density at radius 2 is 1.58 bits per heavy atom. The summed E-state index contributed by atoms with van der Waals surface area (Å²) in [7, 11) is 0. The van der Waals surface area contributed by atoms with Crippen molar-refractivity contribution in [2.24, 2.45) is 5.92 Å². The highest BCUT2D eigenvalue weighted by Gasteiger charge is 2.31. The van der Waals surface area contributed by atoms with Crippen LogP contribution in [0.25, 0.3) is 11.1 Å². The third-order valence-electron chi connectivity index (χ3n) is 5.08. The predicted molar refractivity (Wildman–Crippen MR) is 97.1 cm³/mol. The zero-order chi connectivity index (χ0) is 18.7. The molecule has 0 spiro atoms. The van der Waals surface area contributed by atoms with Gasteiger partial charge in [-0.05, 0) is 28.2 Å². The maximum Gasteiger partial charge on any atom is 0.407 e. The highest BCUT2D eigenvalue weighted by atomic mass is 16.5. The second-order valence-corrected chi connectivity index (χ2v) is 6.65. The molecule has 3 rings (SSSR count). The summed E-state index contributed by atoms with van der Waals surface area (Å²) in [5.41, 5.74) is 4.51. The fraction of sp³-hybridized carbons (Fsp3) is 0.333. The van der Waals surface area contributed by atoms with Gasteiger partial charge < -0.3 is 10.1 Å². The van der Waals surface area contributed by atoms with Crippen LogP contribution in [0.3, 0.4) is 0 Å². The molecule has 0 aliphatic heterocycles. The van der Waals surface area contributed by atoms with Gasteiger partial charge >= 0.3 is 12.1 Å². The molecule has 1 aliphatic carbocycles. The largest absolute Gasteiger partial charge is 0.449 e. The highest BCUT2D eigenvalue weighted by molar-refractivity contribution is 5.81. The van der Waals surface area contributed by atoms with Crippen molar-refractivity contribution in [1.82, 2.24) is 5.32 Å². The second kappa shape index (κ2) is 7.60. The van der Waals surface area contributed by atoms with Gasteiger partial charge in [-0.25, -0.2) is 14.7 Å². The van der Waals surface area contributed by atoms with Gasteiger partial charge in [-0.15, -0.1) is 0 Å². The molecule has 1 radical (unpaired) electrons. The van der Waals surface area contributed by atoms with Gasteiger partial charge in [0.15, 0.2) is 0 Å². The van der Waals surface area contributed by atoms with Crippen molar-refractivity contribution in [2.75, 3.05) is 6.61 Å². The number of amides is 1. The van der Waals surface area contributed by atoms with Gasteiger partial charge in [-0.3, -0.25) is 0 Å². The van der Waals surface area contributed by atoms with Crippen molar-refractivity contribution in [3.8, 4) is 11.1 Å². The molecule has 135 valence electrons. The Morgan fingerprint density at radius 1 is 1.04 bits per heavy atom. The number of hydrogen-bond acceptors (Lipinski definition) is 3. The van der Waals surface area contributed by atoms with E-state index in [9.17, 15) is 14.7 Å². The number of alkyl carbamates (subject to hydrolysis) is 1. The number of benzene rings is 2. The Balaban J connectivity index is 1.72. The smallest absolute Gasteiger partial charge is 0.407 e. The zero-order valence-corrected chi connectivity index (χ0v) is 14.9. The van der Waals surface area contributed by atoms with E-state index in [1.807, 2.05) is 43.3 Å². The molecule has 0 bridgehead atoms. The first kappa shape index (κ1) is 18.0. The fourth-order valence-electron chi connectivity index (χ4n) is 3.44. The molecule has 0 saturated heterocycles. The Hall–Kier alpha value is -2.82. The summed E-state index contributed by atoms with van der Waals surface area (Å²) < 4.78 is 5.37. The predicted octanol–water partition coefficient (Wildman–Crippen LogP) is 3.90. The fourth-order valence-corrected chi connectivity index (χ4v) is 3.44. The molecule has 2 aromatic rings. The lowest BCUT2D eigenvalue weighted by Crippen LogP contribution is -2.45. The van der Waals surface area contributed by atoms with E-state index in [0.717, 1.165) is 22.3 Å². The normalized spacial score (nSPS) is 14.8. The van der Waals surface area contributed by atoms with E-state index >= 15 is 0 Å².